The van der Waals surface area contributed by atoms with E-state index in [1.165, 1.54) is 11.1 Å². The van der Waals surface area contributed by atoms with Crippen LogP contribution in [0.25, 0.3) is 20.4 Å². The van der Waals surface area contributed by atoms with Crippen LogP contribution in [0.5, 0.6) is 0 Å². The maximum atomic E-state index is 4.68. The Balaban J connectivity index is 1.75. The van der Waals surface area contributed by atoms with E-state index in [2.05, 4.69) is 68.1 Å². The van der Waals surface area contributed by atoms with E-state index in [9.17, 15) is 0 Å². The van der Waals surface area contributed by atoms with E-state index in [0.29, 0.717) is 0 Å². The minimum atomic E-state index is 0.888. The molecular formula is C18H14BrN3S2. The smallest absolute Gasteiger partial charge is 0.126 e. The monoisotopic (exact) mass is 415 g/mol. The van der Waals surface area contributed by atoms with Crippen molar-refractivity contribution in [1.82, 2.24) is 15.0 Å². The van der Waals surface area contributed by atoms with Crippen LogP contribution in [-0.2, 0) is 5.75 Å². The topological polar surface area (TPSA) is 38.7 Å². The second kappa shape index (κ2) is 6.43. The molecule has 4 aromatic rings. The summed E-state index contributed by atoms with van der Waals surface area (Å²) in [5.41, 5.74) is 4.57. The number of hydrogen-bond acceptors (Lipinski definition) is 5. The highest BCUT2D eigenvalue weighted by molar-refractivity contribution is 9.10. The van der Waals surface area contributed by atoms with Crippen molar-refractivity contribution in [3.05, 3.63) is 58.0 Å². The number of thiophene rings is 1. The van der Waals surface area contributed by atoms with Crippen molar-refractivity contribution in [2.24, 2.45) is 0 Å². The number of thioether (sulfide) groups is 1. The van der Waals surface area contributed by atoms with E-state index < -0.39 is 0 Å². The van der Waals surface area contributed by atoms with Crippen molar-refractivity contribution >= 4 is 59.5 Å². The quantitative estimate of drug-likeness (QED) is 0.307. The number of fused-ring (bicyclic) bond motifs is 3. The molecule has 3 nitrogen and oxygen atoms in total. The number of pyridine rings is 1. The first-order chi connectivity index (χ1) is 11.6. The van der Waals surface area contributed by atoms with E-state index in [1.807, 2.05) is 6.92 Å². The molecule has 0 amide bonds. The van der Waals surface area contributed by atoms with Gasteiger partial charge in [-0.3, -0.25) is 0 Å². The van der Waals surface area contributed by atoms with Crippen LogP contribution in [0.3, 0.4) is 0 Å². The molecule has 6 heteroatoms. The van der Waals surface area contributed by atoms with Gasteiger partial charge in [0.25, 0.3) is 0 Å². The summed E-state index contributed by atoms with van der Waals surface area (Å²) in [5, 5.41) is 2.19. The second-order valence-electron chi connectivity index (χ2n) is 5.63. The molecule has 0 aliphatic rings. The molecule has 0 aliphatic carbocycles. The number of halogens is 1. The first-order valence-electron chi connectivity index (χ1n) is 7.50. The van der Waals surface area contributed by atoms with E-state index in [-0.39, 0.29) is 0 Å². The summed E-state index contributed by atoms with van der Waals surface area (Å²) < 4.78 is 2.23. The van der Waals surface area contributed by atoms with Gasteiger partial charge in [0, 0.05) is 21.3 Å². The van der Waals surface area contributed by atoms with E-state index in [4.69, 9.17) is 0 Å². The van der Waals surface area contributed by atoms with Gasteiger partial charge < -0.3 is 0 Å². The zero-order valence-corrected chi connectivity index (χ0v) is 16.4. The van der Waals surface area contributed by atoms with Gasteiger partial charge in [-0.25, -0.2) is 15.0 Å². The van der Waals surface area contributed by atoms with E-state index in [1.54, 1.807) is 29.4 Å². The molecular weight excluding hydrogens is 402 g/mol. The molecule has 0 unspecified atom stereocenters. The molecule has 0 aliphatic heterocycles. The molecule has 0 N–H and O–H groups in total. The highest BCUT2D eigenvalue weighted by Gasteiger charge is 2.14. The van der Waals surface area contributed by atoms with Gasteiger partial charge in [-0.15, -0.1) is 23.1 Å². The Hall–Kier alpha value is -1.50. The summed E-state index contributed by atoms with van der Waals surface area (Å²) in [5.74, 6) is 0.888. The van der Waals surface area contributed by atoms with Crippen LogP contribution < -0.4 is 0 Å². The highest BCUT2D eigenvalue weighted by atomic mass is 79.9. The zero-order chi connectivity index (χ0) is 16.7. The fraction of sp³-hybridized carbons (Fsp3) is 0.167. The number of aromatic nitrogens is 3. The van der Waals surface area contributed by atoms with E-state index in [0.717, 1.165) is 41.4 Å². The highest BCUT2D eigenvalue weighted by Crippen LogP contribution is 2.38. The van der Waals surface area contributed by atoms with Gasteiger partial charge in [0.1, 0.15) is 16.2 Å². The van der Waals surface area contributed by atoms with Crippen molar-refractivity contribution in [2.75, 3.05) is 0 Å². The largest absolute Gasteiger partial charge is 0.242 e. The molecule has 24 heavy (non-hydrogen) atoms. The summed E-state index contributed by atoms with van der Waals surface area (Å²) >= 11 is 6.91. The van der Waals surface area contributed by atoms with Crippen molar-refractivity contribution in [3.8, 4) is 0 Å². The van der Waals surface area contributed by atoms with Gasteiger partial charge in [-0.2, -0.15) is 0 Å². The van der Waals surface area contributed by atoms with Gasteiger partial charge in [0.05, 0.1) is 10.2 Å². The first-order valence-corrected chi connectivity index (χ1v) is 10.1. The fourth-order valence-corrected chi connectivity index (χ4v) is 5.27. The molecule has 0 spiro atoms. The van der Waals surface area contributed by atoms with Crippen LogP contribution in [-0.4, -0.2) is 15.0 Å². The summed E-state index contributed by atoms with van der Waals surface area (Å²) in [6.07, 6.45) is 1.66. The first kappa shape index (κ1) is 16.0. The summed E-state index contributed by atoms with van der Waals surface area (Å²) in [6, 6.07) is 10.5. The third-order valence-corrected chi connectivity index (χ3v) is 6.61. The normalized spacial score (nSPS) is 11.5. The summed E-state index contributed by atoms with van der Waals surface area (Å²) in [4.78, 5) is 14.8. The molecule has 0 fully saturated rings. The van der Waals surface area contributed by atoms with Gasteiger partial charge in [-0.1, -0.05) is 28.1 Å². The Morgan fingerprint density at radius 1 is 1.12 bits per heavy atom. The molecule has 1 aromatic carbocycles. The van der Waals surface area contributed by atoms with Gasteiger partial charge >= 0.3 is 0 Å². The maximum Gasteiger partial charge on any atom is 0.126 e. The van der Waals surface area contributed by atoms with Gasteiger partial charge in [-0.05, 0) is 43.2 Å². The van der Waals surface area contributed by atoms with Crippen LogP contribution in [0.1, 0.15) is 16.8 Å². The maximum absolute atomic E-state index is 4.68. The van der Waals surface area contributed by atoms with Gasteiger partial charge in [0.15, 0.2) is 0 Å². The average molecular weight is 416 g/mol. The van der Waals surface area contributed by atoms with Crippen molar-refractivity contribution < 1.29 is 0 Å². The summed E-state index contributed by atoms with van der Waals surface area (Å²) in [6.45, 7) is 4.16. The van der Waals surface area contributed by atoms with Crippen LogP contribution in [0.4, 0.5) is 0 Å². The van der Waals surface area contributed by atoms with E-state index >= 15 is 0 Å². The molecule has 4 rings (SSSR count). The Kier molecular flexibility index (Phi) is 4.28. The lowest BCUT2D eigenvalue weighted by Crippen LogP contribution is -1.87. The minimum Gasteiger partial charge on any atom is -0.242 e. The molecule has 0 radical (unpaired) electrons. The van der Waals surface area contributed by atoms with Crippen LogP contribution >= 0.6 is 39.0 Å². The van der Waals surface area contributed by atoms with Gasteiger partial charge in [0.2, 0.25) is 0 Å². The number of rotatable bonds is 3. The minimum absolute atomic E-state index is 0.888. The predicted octanol–water partition coefficient (Wildman–Crippen LogP) is 5.91. The van der Waals surface area contributed by atoms with Crippen LogP contribution in [0.15, 0.2) is 46.2 Å². The molecule has 3 aromatic heterocycles. The predicted molar refractivity (Wildman–Crippen MR) is 106 cm³/mol. The third-order valence-electron chi connectivity index (χ3n) is 3.81. The zero-order valence-electron chi connectivity index (χ0n) is 13.2. The number of nitrogens with zero attached hydrogens (tertiary/aromatic N) is 3. The Morgan fingerprint density at radius 2 is 1.92 bits per heavy atom. The molecule has 120 valence electrons. The van der Waals surface area contributed by atoms with Crippen molar-refractivity contribution in [2.45, 2.75) is 24.6 Å². The Labute approximate surface area is 156 Å². The number of benzene rings is 1. The van der Waals surface area contributed by atoms with Crippen LogP contribution in [0, 0.1) is 13.8 Å². The average Bonchev–Trinajstić information content (AvgIpc) is 2.93. The molecule has 0 saturated heterocycles. The molecule has 3 heterocycles. The lowest BCUT2D eigenvalue weighted by molar-refractivity contribution is 1.11. The van der Waals surface area contributed by atoms with Crippen molar-refractivity contribution in [1.29, 1.82) is 0 Å². The van der Waals surface area contributed by atoms with Crippen molar-refractivity contribution in [3.63, 3.8) is 0 Å². The number of aryl methyl sites for hydroxylation is 2. The van der Waals surface area contributed by atoms with Crippen LogP contribution in [0.2, 0.25) is 0 Å². The second-order valence-corrected chi connectivity index (χ2v) is 8.51. The fourth-order valence-electron chi connectivity index (χ4n) is 2.72. The lowest BCUT2D eigenvalue weighted by Gasteiger charge is -2.03. The Morgan fingerprint density at radius 3 is 2.71 bits per heavy atom. The SMILES string of the molecule is Cc1cc(C)c2c(n1)sc1c(SCc3ccc(Br)cc3)ncnc12. The Bertz CT molecular complexity index is 1040. The number of hydrogen-bond donors (Lipinski definition) is 0. The molecule has 0 saturated carbocycles. The molecule has 0 bridgehead atoms. The molecule has 0 atom stereocenters. The lowest BCUT2D eigenvalue weighted by atomic mass is 10.1. The summed E-state index contributed by atoms with van der Waals surface area (Å²) in [7, 11) is 0. The standard InChI is InChI=1S/C18H14BrN3S2/c1-10-7-11(2)22-17-14(10)15-16(24-17)18(21-9-20-15)23-8-12-3-5-13(19)6-4-12/h3-7,9H,8H2,1-2H3. The third kappa shape index (κ3) is 2.94.